The van der Waals surface area contributed by atoms with E-state index in [-0.39, 0.29) is 0 Å². The van der Waals surface area contributed by atoms with Gasteiger partial charge in [-0.05, 0) is 50.5 Å². The largest absolute Gasteiger partial charge is 0.337 e. The molecule has 0 saturated carbocycles. The van der Waals surface area contributed by atoms with Crippen LogP contribution in [0.25, 0.3) is 22.6 Å². The van der Waals surface area contributed by atoms with Crippen molar-refractivity contribution in [1.29, 1.82) is 0 Å². The Balaban J connectivity index is 2.19. The molecule has 2 aromatic heterocycles. The average Bonchev–Trinajstić information content (AvgIpc) is 3.01. The van der Waals surface area contributed by atoms with Crippen molar-refractivity contribution in [2.24, 2.45) is 0 Å². The molecule has 20 heavy (non-hydrogen) atoms. The molecule has 0 aliphatic rings. The number of H-pyrrole nitrogens is 1. The van der Waals surface area contributed by atoms with Gasteiger partial charge in [0, 0.05) is 6.54 Å². The van der Waals surface area contributed by atoms with Crippen LogP contribution in [0.4, 0.5) is 0 Å². The zero-order chi connectivity index (χ0) is 14.3. The average molecular weight is 268 g/mol. The third kappa shape index (κ3) is 2.01. The van der Waals surface area contributed by atoms with Crippen LogP contribution < -0.4 is 0 Å². The third-order valence-corrected chi connectivity index (χ3v) is 3.66. The number of rotatable bonds is 3. The van der Waals surface area contributed by atoms with E-state index in [1.807, 2.05) is 4.68 Å². The van der Waals surface area contributed by atoms with E-state index < -0.39 is 0 Å². The number of nitrogens with one attached hydrogen (secondary N) is 1. The molecule has 0 saturated heterocycles. The highest BCUT2D eigenvalue weighted by molar-refractivity contribution is 5.82. The minimum absolute atomic E-state index is 0.852. The van der Waals surface area contributed by atoms with E-state index in [1.165, 1.54) is 11.1 Å². The summed E-state index contributed by atoms with van der Waals surface area (Å²) in [5.74, 6) is 0.905. The number of aromatic nitrogens is 4. The summed E-state index contributed by atoms with van der Waals surface area (Å²) in [5, 5.41) is 4.59. The van der Waals surface area contributed by atoms with Crippen LogP contribution in [0, 0.1) is 13.8 Å². The highest BCUT2D eigenvalue weighted by atomic mass is 15.3. The molecule has 3 aromatic rings. The van der Waals surface area contributed by atoms with E-state index in [1.54, 1.807) is 0 Å². The van der Waals surface area contributed by atoms with Gasteiger partial charge in [0.15, 0.2) is 5.82 Å². The number of nitrogens with zero attached hydrogens (tertiary/aromatic N) is 3. The Morgan fingerprint density at radius 2 is 1.95 bits per heavy atom. The van der Waals surface area contributed by atoms with Gasteiger partial charge in [-0.3, -0.25) is 4.68 Å². The third-order valence-electron chi connectivity index (χ3n) is 3.66. The lowest BCUT2D eigenvalue weighted by molar-refractivity contribution is 0.653. The van der Waals surface area contributed by atoms with Crippen molar-refractivity contribution in [3.05, 3.63) is 35.0 Å². The maximum absolute atomic E-state index is 4.76. The summed E-state index contributed by atoms with van der Waals surface area (Å²) in [6.07, 6.45) is 0.943. The van der Waals surface area contributed by atoms with Gasteiger partial charge in [0.2, 0.25) is 0 Å². The maximum Gasteiger partial charge on any atom is 0.156 e. The topological polar surface area (TPSA) is 46.5 Å². The quantitative estimate of drug-likeness (QED) is 0.788. The molecule has 2 heterocycles. The predicted molar refractivity (Wildman–Crippen MR) is 81.8 cm³/mol. The van der Waals surface area contributed by atoms with Gasteiger partial charge in [-0.1, -0.05) is 13.0 Å². The van der Waals surface area contributed by atoms with Gasteiger partial charge < -0.3 is 4.98 Å². The first-order valence-corrected chi connectivity index (χ1v) is 7.16. The second-order valence-electron chi connectivity index (χ2n) is 5.25. The van der Waals surface area contributed by atoms with E-state index in [0.717, 1.165) is 41.2 Å². The van der Waals surface area contributed by atoms with Crippen LogP contribution >= 0.6 is 0 Å². The summed E-state index contributed by atoms with van der Waals surface area (Å²) < 4.78 is 2.01. The first-order chi connectivity index (χ1) is 9.62. The lowest BCUT2D eigenvalue weighted by Crippen LogP contribution is -2.00. The molecule has 0 fully saturated rings. The van der Waals surface area contributed by atoms with Gasteiger partial charge in [0.05, 0.1) is 16.7 Å². The molecule has 0 aliphatic heterocycles. The molecule has 0 radical (unpaired) electrons. The van der Waals surface area contributed by atoms with E-state index in [2.05, 4.69) is 56.0 Å². The zero-order valence-electron chi connectivity index (χ0n) is 12.5. The number of imidazole rings is 1. The molecule has 104 valence electrons. The maximum atomic E-state index is 4.76. The molecule has 0 spiro atoms. The van der Waals surface area contributed by atoms with Crippen molar-refractivity contribution in [1.82, 2.24) is 19.7 Å². The zero-order valence-corrected chi connectivity index (χ0v) is 12.5. The minimum Gasteiger partial charge on any atom is -0.337 e. The molecule has 1 aromatic carbocycles. The predicted octanol–water partition coefficient (Wildman–Crippen LogP) is 3.63. The Hall–Kier alpha value is -2.10. The normalized spacial score (nSPS) is 11.4. The Bertz CT molecular complexity index is 764. The smallest absolute Gasteiger partial charge is 0.156 e. The van der Waals surface area contributed by atoms with Crippen molar-refractivity contribution >= 4 is 11.0 Å². The molecule has 0 amide bonds. The molecule has 0 unspecified atom stereocenters. The number of aromatic amines is 1. The highest BCUT2D eigenvalue weighted by Gasteiger charge is 2.13. The van der Waals surface area contributed by atoms with Crippen LogP contribution in [-0.2, 0) is 13.0 Å². The lowest BCUT2D eigenvalue weighted by Gasteiger charge is -2.00. The summed E-state index contributed by atoms with van der Waals surface area (Å²) in [7, 11) is 0. The van der Waals surface area contributed by atoms with Gasteiger partial charge in [-0.15, -0.1) is 0 Å². The van der Waals surface area contributed by atoms with E-state index >= 15 is 0 Å². The first kappa shape index (κ1) is 12.9. The number of hydrogen-bond acceptors (Lipinski definition) is 2. The van der Waals surface area contributed by atoms with Crippen molar-refractivity contribution in [3.8, 4) is 11.5 Å². The van der Waals surface area contributed by atoms with Crippen molar-refractivity contribution in [2.45, 2.75) is 40.7 Å². The highest BCUT2D eigenvalue weighted by Crippen LogP contribution is 2.24. The number of benzene rings is 1. The summed E-state index contributed by atoms with van der Waals surface area (Å²) >= 11 is 0. The summed E-state index contributed by atoms with van der Waals surface area (Å²) in [6, 6.07) is 6.44. The summed E-state index contributed by atoms with van der Waals surface area (Å²) in [5.41, 5.74) is 6.78. The van der Waals surface area contributed by atoms with Crippen molar-refractivity contribution in [2.75, 3.05) is 0 Å². The van der Waals surface area contributed by atoms with Gasteiger partial charge >= 0.3 is 0 Å². The standard InChI is InChI=1S/C16H20N4/c1-5-12-9-14(20(6-2)19-12)16-17-13-8-10(3)7-11(4)15(13)18-16/h7-9H,5-6H2,1-4H3,(H,17,18). The molecular formula is C16H20N4. The Morgan fingerprint density at radius 3 is 2.65 bits per heavy atom. The van der Waals surface area contributed by atoms with Crippen molar-refractivity contribution in [3.63, 3.8) is 0 Å². The molecule has 3 rings (SSSR count). The Labute approximate surface area is 118 Å². The molecule has 4 nitrogen and oxygen atoms in total. The molecule has 0 bridgehead atoms. The molecule has 0 aliphatic carbocycles. The Kier molecular flexibility index (Phi) is 3.08. The number of fused-ring (bicyclic) bond motifs is 1. The van der Waals surface area contributed by atoms with Gasteiger partial charge in [-0.25, -0.2) is 4.98 Å². The number of hydrogen-bond donors (Lipinski definition) is 1. The molecule has 1 N–H and O–H groups in total. The first-order valence-electron chi connectivity index (χ1n) is 7.16. The van der Waals surface area contributed by atoms with Gasteiger partial charge in [-0.2, -0.15) is 5.10 Å². The fraction of sp³-hybridized carbons (Fsp3) is 0.375. The van der Waals surface area contributed by atoms with E-state index in [4.69, 9.17) is 4.98 Å². The van der Waals surface area contributed by atoms with Crippen molar-refractivity contribution < 1.29 is 0 Å². The van der Waals surface area contributed by atoms with Crippen LogP contribution in [0.2, 0.25) is 0 Å². The van der Waals surface area contributed by atoms with E-state index in [0.29, 0.717) is 0 Å². The molecular weight excluding hydrogens is 248 g/mol. The van der Waals surface area contributed by atoms with Gasteiger partial charge in [0.25, 0.3) is 0 Å². The fourth-order valence-corrected chi connectivity index (χ4v) is 2.67. The minimum atomic E-state index is 0.852. The van der Waals surface area contributed by atoms with E-state index in [9.17, 15) is 0 Å². The van der Waals surface area contributed by atoms with Crippen LogP contribution in [0.15, 0.2) is 18.2 Å². The summed E-state index contributed by atoms with van der Waals surface area (Å²) in [4.78, 5) is 8.20. The van der Waals surface area contributed by atoms with Crippen LogP contribution in [0.3, 0.4) is 0 Å². The molecule has 4 heteroatoms. The second kappa shape index (κ2) is 4.78. The second-order valence-corrected chi connectivity index (χ2v) is 5.25. The fourth-order valence-electron chi connectivity index (χ4n) is 2.67. The molecule has 0 atom stereocenters. The van der Waals surface area contributed by atoms with Crippen LogP contribution in [0.1, 0.15) is 30.7 Å². The van der Waals surface area contributed by atoms with Gasteiger partial charge in [0.1, 0.15) is 5.69 Å². The number of aryl methyl sites for hydroxylation is 4. The Morgan fingerprint density at radius 1 is 1.15 bits per heavy atom. The monoisotopic (exact) mass is 268 g/mol. The van der Waals surface area contributed by atoms with Crippen LogP contribution in [-0.4, -0.2) is 19.7 Å². The van der Waals surface area contributed by atoms with Crippen LogP contribution in [0.5, 0.6) is 0 Å². The lowest BCUT2D eigenvalue weighted by atomic mass is 10.1. The summed E-state index contributed by atoms with van der Waals surface area (Å²) in [6.45, 7) is 9.30. The SMILES string of the molecule is CCc1cc(-c2nc3c(C)cc(C)cc3[nH]2)n(CC)n1.